The molecule has 2 aromatic carbocycles. The summed E-state index contributed by atoms with van der Waals surface area (Å²) < 4.78 is 23.6. The molecule has 0 N–H and O–H groups in total. The largest absolute Gasteiger partial charge is 0.497 e. The molecule has 0 saturated carbocycles. The number of rotatable bonds is 10. The van der Waals surface area contributed by atoms with E-state index in [1.807, 2.05) is 24.3 Å². The summed E-state index contributed by atoms with van der Waals surface area (Å²) in [6.45, 7) is 1.91. The maximum atomic E-state index is 12.7. The molecule has 0 radical (unpaired) electrons. The van der Waals surface area contributed by atoms with Crippen molar-refractivity contribution in [1.29, 1.82) is 0 Å². The van der Waals surface area contributed by atoms with Crippen molar-refractivity contribution in [2.75, 3.05) is 33.7 Å². The van der Waals surface area contributed by atoms with Crippen molar-refractivity contribution in [1.82, 2.24) is 4.57 Å². The molecule has 0 aliphatic heterocycles. The van der Waals surface area contributed by atoms with Crippen LogP contribution < -0.4 is 19.0 Å². The van der Waals surface area contributed by atoms with Gasteiger partial charge in [-0.25, -0.2) is 0 Å². The number of carbonyl (C=O) groups excluding carboxylic acids is 2. The number of nitrogens with zero attached hydrogens (tertiary/aromatic N) is 2. The molecule has 0 bridgehead atoms. The minimum atomic E-state index is -0.425. The minimum Gasteiger partial charge on any atom is -0.497 e. The third-order valence-electron chi connectivity index (χ3n) is 4.65. The maximum Gasteiger partial charge on any atom is 0.326 e. The van der Waals surface area contributed by atoms with E-state index in [9.17, 15) is 9.59 Å². The second-order valence-corrected chi connectivity index (χ2v) is 8.85. The first-order valence-corrected chi connectivity index (χ1v) is 12.0. The van der Waals surface area contributed by atoms with Crippen molar-refractivity contribution in [2.24, 2.45) is 4.99 Å². The predicted octanol–water partition coefficient (Wildman–Crippen LogP) is 3.90. The number of aromatic nitrogens is 1. The molecule has 1 aromatic heterocycles. The van der Waals surface area contributed by atoms with Crippen LogP contribution in [0, 0.1) is 0 Å². The zero-order valence-electron chi connectivity index (χ0n) is 19.0. The van der Waals surface area contributed by atoms with Crippen LogP contribution in [0.15, 0.2) is 46.3 Å². The molecule has 0 spiro atoms. The van der Waals surface area contributed by atoms with Gasteiger partial charge >= 0.3 is 5.97 Å². The summed E-state index contributed by atoms with van der Waals surface area (Å²) in [5.41, 5.74) is 0.633. The summed E-state index contributed by atoms with van der Waals surface area (Å²) >= 11 is 2.83. The Morgan fingerprint density at radius 2 is 1.70 bits per heavy atom. The van der Waals surface area contributed by atoms with Crippen molar-refractivity contribution in [3.63, 3.8) is 0 Å². The van der Waals surface area contributed by atoms with Gasteiger partial charge in [0.25, 0.3) is 0 Å². The Labute approximate surface area is 200 Å². The Kier molecular flexibility index (Phi) is 8.79. The molecule has 0 aliphatic carbocycles. The van der Waals surface area contributed by atoms with Gasteiger partial charge in [-0.15, -0.1) is 11.8 Å². The van der Waals surface area contributed by atoms with E-state index in [1.54, 1.807) is 56.7 Å². The Morgan fingerprint density at radius 1 is 1.00 bits per heavy atom. The first-order valence-electron chi connectivity index (χ1n) is 10.2. The number of hydrogen-bond acceptors (Lipinski definition) is 8. The fraction of sp³-hybridized carbons (Fsp3) is 0.348. The van der Waals surface area contributed by atoms with Gasteiger partial charge in [-0.3, -0.25) is 9.59 Å². The summed E-state index contributed by atoms with van der Waals surface area (Å²) in [5, 5.41) is 0. The molecule has 1 amide bonds. The first kappa shape index (κ1) is 24.7. The van der Waals surface area contributed by atoms with E-state index in [-0.39, 0.29) is 25.5 Å². The second-order valence-electron chi connectivity index (χ2n) is 6.70. The highest BCUT2D eigenvalue weighted by atomic mass is 32.2. The summed E-state index contributed by atoms with van der Waals surface area (Å²) in [4.78, 5) is 30.7. The number of carbonyl (C=O) groups is 2. The van der Waals surface area contributed by atoms with Gasteiger partial charge in [-0.05, 0) is 43.3 Å². The molecule has 8 nitrogen and oxygen atoms in total. The predicted molar refractivity (Wildman–Crippen MR) is 128 cm³/mol. The van der Waals surface area contributed by atoms with Crippen LogP contribution in [0.25, 0.3) is 10.2 Å². The van der Waals surface area contributed by atoms with Crippen LogP contribution in [-0.2, 0) is 20.9 Å². The number of amides is 1. The van der Waals surface area contributed by atoms with E-state index < -0.39 is 5.97 Å². The van der Waals surface area contributed by atoms with Crippen LogP contribution in [0.4, 0.5) is 0 Å². The highest BCUT2D eigenvalue weighted by Gasteiger charge is 2.19. The Bertz CT molecular complexity index is 1180. The van der Waals surface area contributed by atoms with Crippen molar-refractivity contribution in [2.45, 2.75) is 24.8 Å². The molecule has 0 fully saturated rings. The lowest BCUT2D eigenvalue weighted by Crippen LogP contribution is -2.23. The molecule has 10 heteroatoms. The Balaban J connectivity index is 1.88. The number of ether oxygens (including phenoxy) is 4. The lowest BCUT2D eigenvalue weighted by molar-refractivity contribution is -0.143. The third kappa shape index (κ3) is 6.08. The van der Waals surface area contributed by atoms with Crippen molar-refractivity contribution < 1.29 is 28.5 Å². The van der Waals surface area contributed by atoms with Gasteiger partial charge in [0.1, 0.15) is 34.0 Å². The average molecular weight is 491 g/mol. The van der Waals surface area contributed by atoms with E-state index in [2.05, 4.69) is 4.99 Å². The average Bonchev–Trinajstić information content (AvgIpc) is 3.16. The van der Waals surface area contributed by atoms with Crippen LogP contribution >= 0.6 is 23.1 Å². The highest BCUT2D eigenvalue weighted by Crippen LogP contribution is 2.35. The van der Waals surface area contributed by atoms with E-state index in [0.717, 1.165) is 15.3 Å². The quantitative estimate of drug-likeness (QED) is 0.315. The SMILES string of the molecule is CCOC(=O)Cn1c(=NC(=O)CCSc2ccc(OC)cc2)sc2c(OC)ccc(OC)c21. The standard InChI is InChI=1S/C23H26N2O6S2/c1-5-31-20(27)14-25-21-17(29-3)10-11-18(30-4)22(21)33-23(25)24-19(26)12-13-32-16-8-6-15(28-2)7-9-16/h6-11H,5,12-14H2,1-4H3. The van der Waals surface area contributed by atoms with Crippen molar-refractivity contribution in [3.05, 3.63) is 41.2 Å². The van der Waals surface area contributed by atoms with Crippen LogP contribution in [0.3, 0.4) is 0 Å². The molecule has 0 unspecified atom stereocenters. The van der Waals surface area contributed by atoms with Crippen LogP contribution in [0.1, 0.15) is 13.3 Å². The van der Waals surface area contributed by atoms with Crippen molar-refractivity contribution in [3.8, 4) is 17.2 Å². The zero-order valence-corrected chi connectivity index (χ0v) is 20.6. The number of fused-ring (bicyclic) bond motifs is 1. The van der Waals surface area contributed by atoms with Gasteiger partial charge in [-0.1, -0.05) is 11.3 Å². The van der Waals surface area contributed by atoms with Gasteiger partial charge < -0.3 is 23.5 Å². The monoisotopic (exact) mass is 490 g/mol. The zero-order chi connectivity index (χ0) is 23.8. The lowest BCUT2D eigenvalue weighted by Gasteiger charge is -2.09. The Hall–Kier alpha value is -2.98. The topological polar surface area (TPSA) is 88.4 Å². The molecule has 3 aromatic rings. The smallest absolute Gasteiger partial charge is 0.326 e. The molecule has 0 atom stereocenters. The summed E-state index contributed by atoms with van der Waals surface area (Å²) in [5.74, 6) is 1.81. The van der Waals surface area contributed by atoms with Gasteiger partial charge in [0.05, 0.1) is 27.9 Å². The molecular weight excluding hydrogens is 464 g/mol. The number of hydrogen-bond donors (Lipinski definition) is 0. The Morgan fingerprint density at radius 3 is 2.33 bits per heavy atom. The van der Waals surface area contributed by atoms with Gasteiger partial charge in [-0.2, -0.15) is 4.99 Å². The number of methoxy groups -OCH3 is 3. The summed E-state index contributed by atoms with van der Waals surface area (Å²) in [6.07, 6.45) is 0.249. The minimum absolute atomic E-state index is 0.0932. The fourth-order valence-electron chi connectivity index (χ4n) is 3.11. The molecule has 0 saturated heterocycles. The highest BCUT2D eigenvalue weighted by molar-refractivity contribution is 7.99. The molecule has 1 heterocycles. The molecule has 3 rings (SSSR count). The van der Waals surface area contributed by atoms with Crippen LogP contribution in [-0.4, -0.2) is 50.1 Å². The van der Waals surface area contributed by atoms with E-state index >= 15 is 0 Å². The summed E-state index contributed by atoms with van der Waals surface area (Å²) in [6, 6.07) is 11.2. The van der Waals surface area contributed by atoms with Gasteiger partial charge in [0.15, 0.2) is 4.80 Å². The number of thioether (sulfide) groups is 1. The van der Waals surface area contributed by atoms with Crippen LogP contribution in [0.5, 0.6) is 17.2 Å². The fourth-order valence-corrected chi connectivity index (χ4v) is 5.11. The normalized spacial score (nSPS) is 11.5. The molecule has 33 heavy (non-hydrogen) atoms. The van der Waals surface area contributed by atoms with Crippen molar-refractivity contribution >= 4 is 45.2 Å². The molecule has 176 valence electrons. The van der Waals surface area contributed by atoms with E-state index in [1.165, 1.54) is 11.3 Å². The molecule has 0 aliphatic rings. The van der Waals surface area contributed by atoms with Crippen LogP contribution in [0.2, 0.25) is 0 Å². The third-order valence-corrected chi connectivity index (χ3v) is 6.76. The number of thiazole rings is 1. The second kappa shape index (κ2) is 11.8. The summed E-state index contributed by atoms with van der Waals surface area (Å²) in [7, 11) is 4.73. The van der Waals surface area contributed by atoms with E-state index in [4.69, 9.17) is 18.9 Å². The molecular formula is C23H26N2O6S2. The van der Waals surface area contributed by atoms with Gasteiger partial charge in [0, 0.05) is 17.1 Å². The first-order chi connectivity index (χ1) is 16.0. The number of esters is 1. The number of benzene rings is 2. The van der Waals surface area contributed by atoms with Gasteiger partial charge in [0.2, 0.25) is 5.91 Å². The maximum absolute atomic E-state index is 12.7. The van der Waals surface area contributed by atoms with E-state index in [0.29, 0.717) is 27.6 Å². The lowest BCUT2D eigenvalue weighted by atomic mass is 10.3.